The summed E-state index contributed by atoms with van der Waals surface area (Å²) in [6.07, 6.45) is 2.75. The largest absolute Gasteiger partial charge is 0.477 e. The SMILES string of the molecule is CC1CCNCC1.Cc1c(S)cc(C(=O)O)n1C. The van der Waals surface area contributed by atoms with Crippen LogP contribution in [0.1, 0.15) is 35.9 Å². The van der Waals surface area contributed by atoms with Gasteiger partial charge in [-0.25, -0.2) is 4.79 Å². The molecule has 0 spiro atoms. The number of rotatable bonds is 1. The van der Waals surface area contributed by atoms with Crippen LogP contribution in [0.15, 0.2) is 11.0 Å². The van der Waals surface area contributed by atoms with E-state index in [9.17, 15) is 4.79 Å². The van der Waals surface area contributed by atoms with Crippen molar-refractivity contribution in [2.24, 2.45) is 13.0 Å². The van der Waals surface area contributed by atoms with E-state index in [1.807, 2.05) is 6.92 Å². The van der Waals surface area contributed by atoms with Crippen molar-refractivity contribution >= 4 is 18.6 Å². The van der Waals surface area contributed by atoms with E-state index < -0.39 is 5.97 Å². The van der Waals surface area contributed by atoms with Crippen LogP contribution >= 0.6 is 12.6 Å². The van der Waals surface area contributed by atoms with Gasteiger partial charge in [-0.3, -0.25) is 0 Å². The highest BCUT2D eigenvalue weighted by Crippen LogP contribution is 2.16. The number of nitrogens with zero attached hydrogens (tertiary/aromatic N) is 1. The maximum atomic E-state index is 10.5. The van der Waals surface area contributed by atoms with Crippen LogP contribution < -0.4 is 5.32 Å². The molecule has 2 heterocycles. The molecule has 5 heteroatoms. The van der Waals surface area contributed by atoms with Crippen LogP contribution in [0.5, 0.6) is 0 Å². The van der Waals surface area contributed by atoms with Crippen molar-refractivity contribution < 1.29 is 9.90 Å². The molecule has 0 aliphatic carbocycles. The van der Waals surface area contributed by atoms with Crippen LogP contribution in [-0.4, -0.2) is 28.7 Å². The minimum atomic E-state index is -0.920. The number of aromatic nitrogens is 1. The summed E-state index contributed by atoms with van der Waals surface area (Å²) < 4.78 is 1.60. The molecule has 0 aromatic carbocycles. The molecular weight excluding hydrogens is 248 g/mol. The number of piperidine rings is 1. The molecule has 102 valence electrons. The van der Waals surface area contributed by atoms with Gasteiger partial charge in [-0.2, -0.15) is 0 Å². The lowest BCUT2D eigenvalue weighted by molar-refractivity contribution is 0.0686. The molecule has 18 heavy (non-hydrogen) atoms. The molecule has 0 radical (unpaired) electrons. The molecule has 1 fully saturated rings. The van der Waals surface area contributed by atoms with Crippen LogP contribution in [0.25, 0.3) is 0 Å². The van der Waals surface area contributed by atoms with Gasteiger partial charge < -0.3 is 15.0 Å². The zero-order valence-electron chi connectivity index (χ0n) is 11.2. The molecule has 1 aliphatic rings. The van der Waals surface area contributed by atoms with E-state index in [0.29, 0.717) is 4.90 Å². The van der Waals surface area contributed by atoms with Crippen molar-refractivity contribution in [1.82, 2.24) is 9.88 Å². The van der Waals surface area contributed by atoms with Crippen molar-refractivity contribution in [3.05, 3.63) is 17.5 Å². The van der Waals surface area contributed by atoms with Gasteiger partial charge in [0.05, 0.1) is 0 Å². The van der Waals surface area contributed by atoms with Crippen molar-refractivity contribution in [2.45, 2.75) is 31.6 Å². The standard InChI is InChI=1S/C7H9NO2S.C6H13N/c1-4-6(11)3-5(7(9)10)8(4)2;1-6-2-4-7-5-3-6/h3,11H,1-2H3,(H,9,10);6-7H,2-5H2,1H3. The Morgan fingerprint density at radius 3 is 2.28 bits per heavy atom. The fourth-order valence-electron chi connectivity index (χ4n) is 1.85. The van der Waals surface area contributed by atoms with E-state index in [0.717, 1.165) is 11.6 Å². The lowest BCUT2D eigenvalue weighted by atomic mass is 10.0. The molecule has 4 nitrogen and oxygen atoms in total. The molecule has 0 saturated carbocycles. The maximum absolute atomic E-state index is 10.5. The summed E-state index contributed by atoms with van der Waals surface area (Å²) in [5.41, 5.74) is 1.14. The Hall–Kier alpha value is -0.940. The summed E-state index contributed by atoms with van der Waals surface area (Å²) in [6.45, 7) is 6.62. The lowest BCUT2D eigenvalue weighted by Crippen LogP contribution is -2.26. The Labute approximate surface area is 114 Å². The fourth-order valence-corrected chi connectivity index (χ4v) is 2.13. The fraction of sp³-hybridized carbons (Fsp3) is 0.615. The number of carboxylic acids is 1. The van der Waals surface area contributed by atoms with E-state index in [1.54, 1.807) is 17.7 Å². The van der Waals surface area contributed by atoms with Crippen LogP contribution in [0.2, 0.25) is 0 Å². The first-order valence-corrected chi connectivity index (χ1v) is 6.67. The lowest BCUT2D eigenvalue weighted by Gasteiger charge is -2.17. The van der Waals surface area contributed by atoms with Gasteiger partial charge in [0.25, 0.3) is 0 Å². The Kier molecular flexibility index (Phi) is 5.75. The number of hydrogen-bond acceptors (Lipinski definition) is 3. The second kappa shape index (κ2) is 6.85. The number of aromatic carboxylic acids is 1. The molecule has 0 bridgehead atoms. The average molecular weight is 270 g/mol. The summed E-state index contributed by atoms with van der Waals surface area (Å²) in [6, 6.07) is 1.54. The first-order chi connectivity index (χ1) is 8.43. The quantitative estimate of drug-likeness (QED) is 0.687. The van der Waals surface area contributed by atoms with E-state index in [2.05, 4.69) is 24.9 Å². The minimum absolute atomic E-state index is 0.271. The summed E-state index contributed by atoms with van der Waals surface area (Å²) in [5.74, 6) is 0.0529. The number of carboxylic acid groups (broad SMARTS) is 1. The third-order valence-corrected chi connectivity index (χ3v) is 3.81. The van der Waals surface area contributed by atoms with Gasteiger partial charge in [-0.15, -0.1) is 12.6 Å². The zero-order chi connectivity index (χ0) is 13.7. The van der Waals surface area contributed by atoms with E-state index >= 15 is 0 Å². The first-order valence-electron chi connectivity index (χ1n) is 6.22. The molecule has 1 aromatic heterocycles. The van der Waals surface area contributed by atoms with Crippen LogP contribution in [-0.2, 0) is 7.05 Å². The highest BCUT2D eigenvalue weighted by Gasteiger charge is 2.11. The van der Waals surface area contributed by atoms with Gasteiger partial charge >= 0.3 is 5.97 Å². The first kappa shape index (κ1) is 15.1. The predicted octanol–water partition coefficient (Wildman–Crippen LogP) is 2.33. The van der Waals surface area contributed by atoms with Crippen LogP contribution in [0, 0.1) is 12.8 Å². The molecule has 1 aliphatic heterocycles. The van der Waals surface area contributed by atoms with Gasteiger partial charge in [0, 0.05) is 17.6 Å². The Morgan fingerprint density at radius 1 is 1.50 bits per heavy atom. The summed E-state index contributed by atoms with van der Waals surface area (Å²) in [5, 5.41) is 12.0. The van der Waals surface area contributed by atoms with E-state index in [1.165, 1.54) is 25.9 Å². The highest BCUT2D eigenvalue weighted by atomic mass is 32.1. The molecule has 0 atom stereocenters. The van der Waals surface area contributed by atoms with Crippen molar-refractivity contribution in [3.8, 4) is 0 Å². The minimum Gasteiger partial charge on any atom is -0.477 e. The van der Waals surface area contributed by atoms with Gasteiger partial charge in [0.2, 0.25) is 0 Å². The second-order valence-corrected chi connectivity index (χ2v) is 5.28. The molecular formula is C13H22N2O2S. The van der Waals surface area contributed by atoms with E-state index in [-0.39, 0.29) is 5.69 Å². The third kappa shape index (κ3) is 4.07. The molecule has 2 N–H and O–H groups in total. The number of thiol groups is 1. The zero-order valence-corrected chi connectivity index (χ0v) is 12.1. The monoisotopic (exact) mass is 270 g/mol. The third-order valence-electron chi connectivity index (χ3n) is 3.36. The topological polar surface area (TPSA) is 54.3 Å². The Balaban J connectivity index is 0.000000199. The molecule has 0 unspecified atom stereocenters. The van der Waals surface area contributed by atoms with Crippen molar-refractivity contribution in [2.75, 3.05) is 13.1 Å². The van der Waals surface area contributed by atoms with E-state index in [4.69, 9.17) is 5.11 Å². The number of nitrogens with one attached hydrogen (secondary N) is 1. The predicted molar refractivity (Wildman–Crippen MR) is 75.6 cm³/mol. The molecule has 2 rings (SSSR count). The molecule has 0 amide bonds. The number of carbonyl (C=O) groups is 1. The van der Waals surface area contributed by atoms with Crippen molar-refractivity contribution in [1.29, 1.82) is 0 Å². The van der Waals surface area contributed by atoms with Crippen molar-refractivity contribution in [3.63, 3.8) is 0 Å². The summed E-state index contributed by atoms with van der Waals surface area (Å²) in [4.78, 5) is 11.2. The van der Waals surface area contributed by atoms with Crippen LogP contribution in [0.4, 0.5) is 0 Å². The van der Waals surface area contributed by atoms with Gasteiger partial charge in [0.15, 0.2) is 0 Å². The highest BCUT2D eigenvalue weighted by molar-refractivity contribution is 7.80. The van der Waals surface area contributed by atoms with Gasteiger partial charge in [0.1, 0.15) is 5.69 Å². The summed E-state index contributed by atoms with van der Waals surface area (Å²) in [7, 11) is 1.71. The number of hydrogen-bond donors (Lipinski definition) is 3. The maximum Gasteiger partial charge on any atom is 0.352 e. The molecule has 1 aromatic rings. The van der Waals surface area contributed by atoms with Gasteiger partial charge in [-0.1, -0.05) is 6.92 Å². The molecule has 1 saturated heterocycles. The van der Waals surface area contributed by atoms with Gasteiger partial charge in [-0.05, 0) is 44.8 Å². The normalized spacial score (nSPS) is 16.0. The Bertz CT molecular complexity index is 409. The van der Waals surface area contributed by atoms with Crippen LogP contribution in [0.3, 0.4) is 0 Å². The summed E-state index contributed by atoms with van der Waals surface area (Å²) >= 11 is 4.10. The Morgan fingerprint density at radius 2 is 2.06 bits per heavy atom. The second-order valence-electron chi connectivity index (χ2n) is 4.80. The average Bonchev–Trinajstić information content (AvgIpc) is 2.59. The smallest absolute Gasteiger partial charge is 0.352 e.